The van der Waals surface area contributed by atoms with Gasteiger partial charge >= 0.3 is 5.97 Å². The number of nitrogens with one attached hydrogen (secondary N) is 1. The van der Waals surface area contributed by atoms with Gasteiger partial charge in [-0.2, -0.15) is 0 Å². The van der Waals surface area contributed by atoms with E-state index in [0.717, 1.165) is 4.90 Å². The first kappa shape index (κ1) is 15.9. The third kappa shape index (κ3) is 5.98. The normalized spacial score (nSPS) is 11.9. The van der Waals surface area contributed by atoms with Crippen LogP contribution in [0, 0.1) is 0 Å². The Morgan fingerprint density at radius 1 is 1.37 bits per heavy atom. The average Bonchev–Trinajstić information content (AvgIpc) is 2.37. The topological polar surface area (TPSA) is 66.4 Å². The Hall–Kier alpha value is -1.20. The molecule has 1 aromatic carbocycles. The SMILES string of the molecule is CCC[C@@H](NC(=O)CSc1ccc(Cl)cc1)C(=O)O. The highest BCUT2D eigenvalue weighted by molar-refractivity contribution is 8.00. The maximum absolute atomic E-state index is 11.7. The number of amides is 1. The van der Waals surface area contributed by atoms with Crippen molar-refractivity contribution >= 4 is 35.2 Å². The minimum Gasteiger partial charge on any atom is -0.480 e. The lowest BCUT2D eigenvalue weighted by atomic mass is 10.2. The summed E-state index contributed by atoms with van der Waals surface area (Å²) in [6, 6.07) is 6.34. The van der Waals surface area contributed by atoms with Crippen molar-refractivity contribution in [3.63, 3.8) is 0 Å². The lowest BCUT2D eigenvalue weighted by molar-refractivity contribution is -0.141. The minimum atomic E-state index is -0.994. The molecule has 0 saturated carbocycles. The quantitative estimate of drug-likeness (QED) is 0.760. The van der Waals surface area contributed by atoms with E-state index < -0.39 is 12.0 Å². The number of carboxylic acid groups (broad SMARTS) is 1. The van der Waals surface area contributed by atoms with Crippen LogP contribution in [-0.4, -0.2) is 28.8 Å². The van der Waals surface area contributed by atoms with Crippen molar-refractivity contribution in [3.8, 4) is 0 Å². The zero-order chi connectivity index (χ0) is 14.3. The molecule has 0 spiro atoms. The zero-order valence-electron chi connectivity index (χ0n) is 10.6. The van der Waals surface area contributed by atoms with Gasteiger partial charge in [0.2, 0.25) is 5.91 Å². The molecule has 0 saturated heterocycles. The predicted molar refractivity (Wildman–Crippen MR) is 76.7 cm³/mol. The molecule has 6 heteroatoms. The molecule has 0 bridgehead atoms. The second kappa shape index (κ2) is 8.07. The fourth-order valence-electron chi connectivity index (χ4n) is 1.46. The molecule has 0 radical (unpaired) electrons. The molecule has 0 heterocycles. The highest BCUT2D eigenvalue weighted by atomic mass is 35.5. The van der Waals surface area contributed by atoms with E-state index >= 15 is 0 Å². The Kier molecular flexibility index (Phi) is 6.73. The molecular weight excluding hydrogens is 286 g/mol. The van der Waals surface area contributed by atoms with Gasteiger partial charge < -0.3 is 10.4 Å². The van der Waals surface area contributed by atoms with Crippen LogP contribution in [0.1, 0.15) is 19.8 Å². The van der Waals surface area contributed by atoms with Crippen molar-refractivity contribution in [2.45, 2.75) is 30.7 Å². The predicted octanol–water partition coefficient (Wildman–Crippen LogP) is 2.80. The Morgan fingerprint density at radius 3 is 2.53 bits per heavy atom. The van der Waals surface area contributed by atoms with Gasteiger partial charge in [-0.15, -0.1) is 11.8 Å². The van der Waals surface area contributed by atoms with Crippen molar-refractivity contribution in [1.82, 2.24) is 5.32 Å². The monoisotopic (exact) mass is 301 g/mol. The molecule has 19 heavy (non-hydrogen) atoms. The largest absolute Gasteiger partial charge is 0.480 e. The molecule has 1 atom stereocenters. The van der Waals surface area contributed by atoms with Crippen LogP contribution in [0.3, 0.4) is 0 Å². The van der Waals surface area contributed by atoms with E-state index in [1.54, 1.807) is 12.1 Å². The van der Waals surface area contributed by atoms with E-state index in [4.69, 9.17) is 16.7 Å². The van der Waals surface area contributed by atoms with Gasteiger partial charge in [-0.25, -0.2) is 4.79 Å². The van der Waals surface area contributed by atoms with Gasteiger partial charge in [0.05, 0.1) is 5.75 Å². The minimum absolute atomic E-state index is 0.190. The maximum Gasteiger partial charge on any atom is 0.326 e. The van der Waals surface area contributed by atoms with Crippen molar-refractivity contribution in [1.29, 1.82) is 0 Å². The molecule has 2 N–H and O–H groups in total. The first-order valence-electron chi connectivity index (χ1n) is 5.93. The van der Waals surface area contributed by atoms with Crippen LogP contribution >= 0.6 is 23.4 Å². The van der Waals surface area contributed by atoms with Crippen LogP contribution in [0.25, 0.3) is 0 Å². The molecule has 104 valence electrons. The summed E-state index contributed by atoms with van der Waals surface area (Å²) >= 11 is 7.10. The Bertz CT molecular complexity index is 436. The highest BCUT2D eigenvalue weighted by Crippen LogP contribution is 2.20. The second-order valence-electron chi connectivity index (χ2n) is 3.99. The number of halogens is 1. The number of carbonyl (C=O) groups is 2. The molecule has 1 rings (SSSR count). The van der Waals surface area contributed by atoms with Gasteiger partial charge in [0, 0.05) is 9.92 Å². The summed E-state index contributed by atoms with van der Waals surface area (Å²) in [6.45, 7) is 1.88. The van der Waals surface area contributed by atoms with E-state index in [2.05, 4.69) is 5.32 Å². The Labute approximate surface area is 121 Å². The van der Waals surface area contributed by atoms with Gasteiger partial charge in [-0.1, -0.05) is 24.9 Å². The lowest BCUT2D eigenvalue weighted by Gasteiger charge is -2.13. The van der Waals surface area contributed by atoms with Gasteiger partial charge in [0.25, 0.3) is 0 Å². The number of benzene rings is 1. The lowest BCUT2D eigenvalue weighted by Crippen LogP contribution is -2.41. The standard InChI is InChI=1S/C13H16ClNO3S/c1-2-3-11(13(17)18)15-12(16)8-19-10-6-4-9(14)5-7-10/h4-7,11H,2-3,8H2,1H3,(H,15,16)(H,17,18)/t11-/m1/s1. The maximum atomic E-state index is 11.7. The average molecular weight is 302 g/mol. The second-order valence-corrected chi connectivity index (χ2v) is 5.47. The summed E-state index contributed by atoms with van der Waals surface area (Å²) in [5.74, 6) is -1.08. The fourth-order valence-corrected chi connectivity index (χ4v) is 2.30. The van der Waals surface area contributed by atoms with Gasteiger partial charge in [-0.3, -0.25) is 4.79 Å². The molecule has 0 aliphatic carbocycles. The molecule has 0 aliphatic rings. The third-order valence-electron chi connectivity index (χ3n) is 2.39. The zero-order valence-corrected chi connectivity index (χ0v) is 12.1. The van der Waals surface area contributed by atoms with E-state index in [1.807, 2.05) is 19.1 Å². The summed E-state index contributed by atoms with van der Waals surface area (Å²) in [5.41, 5.74) is 0. The number of hydrogen-bond donors (Lipinski definition) is 2. The molecule has 1 aromatic rings. The number of hydrogen-bond acceptors (Lipinski definition) is 3. The Morgan fingerprint density at radius 2 is 2.00 bits per heavy atom. The summed E-state index contributed by atoms with van der Waals surface area (Å²) in [7, 11) is 0. The fraction of sp³-hybridized carbons (Fsp3) is 0.385. The highest BCUT2D eigenvalue weighted by Gasteiger charge is 2.18. The Balaban J connectivity index is 2.42. The summed E-state index contributed by atoms with van der Waals surface area (Å²) in [4.78, 5) is 23.5. The summed E-state index contributed by atoms with van der Waals surface area (Å²) < 4.78 is 0. The van der Waals surface area contributed by atoms with Crippen LogP contribution in [0.15, 0.2) is 29.2 Å². The molecule has 0 aliphatic heterocycles. The van der Waals surface area contributed by atoms with E-state index in [9.17, 15) is 9.59 Å². The van der Waals surface area contributed by atoms with Crippen molar-refractivity contribution < 1.29 is 14.7 Å². The van der Waals surface area contributed by atoms with E-state index in [1.165, 1.54) is 11.8 Å². The molecule has 0 unspecified atom stereocenters. The van der Waals surface area contributed by atoms with E-state index in [-0.39, 0.29) is 11.7 Å². The van der Waals surface area contributed by atoms with Gasteiger partial charge in [-0.05, 0) is 30.7 Å². The molecular formula is C13H16ClNO3S. The van der Waals surface area contributed by atoms with Crippen LogP contribution in [0.4, 0.5) is 0 Å². The first-order chi connectivity index (χ1) is 9.02. The van der Waals surface area contributed by atoms with Crippen molar-refractivity contribution in [3.05, 3.63) is 29.3 Å². The molecule has 0 aromatic heterocycles. The van der Waals surface area contributed by atoms with Crippen LogP contribution in [0.5, 0.6) is 0 Å². The number of aliphatic carboxylic acids is 1. The van der Waals surface area contributed by atoms with Crippen LogP contribution < -0.4 is 5.32 Å². The van der Waals surface area contributed by atoms with Gasteiger partial charge in [0.15, 0.2) is 0 Å². The number of rotatable bonds is 7. The van der Waals surface area contributed by atoms with Crippen LogP contribution in [0.2, 0.25) is 5.02 Å². The molecule has 0 fully saturated rings. The smallest absolute Gasteiger partial charge is 0.326 e. The summed E-state index contributed by atoms with van der Waals surface area (Å²) in [6.07, 6.45) is 1.15. The van der Waals surface area contributed by atoms with Crippen molar-refractivity contribution in [2.24, 2.45) is 0 Å². The number of carboxylic acids is 1. The van der Waals surface area contributed by atoms with Crippen LogP contribution in [-0.2, 0) is 9.59 Å². The number of thioether (sulfide) groups is 1. The third-order valence-corrected chi connectivity index (χ3v) is 3.66. The van der Waals surface area contributed by atoms with Crippen molar-refractivity contribution in [2.75, 3.05) is 5.75 Å². The molecule has 1 amide bonds. The van der Waals surface area contributed by atoms with E-state index in [0.29, 0.717) is 17.9 Å². The first-order valence-corrected chi connectivity index (χ1v) is 7.29. The van der Waals surface area contributed by atoms with Gasteiger partial charge in [0.1, 0.15) is 6.04 Å². The number of carbonyl (C=O) groups excluding carboxylic acids is 1. The summed E-state index contributed by atoms with van der Waals surface area (Å²) in [5, 5.41) is 12.1. The molecule has 4 nitrogen and oxygen atoms in total.